The van der Waals surface area contributed by atoms with Crippen LogP contribution in [0.2, 0.25) is 0 Å². The molecule has 92 valence electrons. The van der Waals surface area contributed by atoms with Crippen LogP contribution in [0.25, 0.3) is 0 Å². The molecule has 2 rings (SSSR count). The van der Waals surface area contributed by atoms with Gasteiger partial charge in [0.25, 0.3) is 0 Å². The lowest BCUT2D eigenvalue weighted by Gasteiger charge is -2.32. The molecule has 0 spiro atoms. The van der Waals surface area contributed by atoms with Crippen molar-refractivity contribution in [3.05, 3.63) is 0 Å². The maximum absolute atomic E-state index is 11.4. The molecule has 1 heterocycles. The lowest BCUT2D eigenvalue weighted by atomic mass is 9.86. The van der Waals surface area contributed by atoms with Gasteiger partial charge in [-0.3, -0.25) is 4.79 Å². The molecule has 0 radical (unpaired) electrons. The highest BCUT2D eigenvalue weighted by Gasteiger charge is 2.44. The quantitative estimate of drug-likeness (QED) is 0.767. The highest BCUT2D eigenvalue weighted by molar-refractivity contribution is 5.75. The van der Waals surface area contributed by atoms with Crippen molar-refractivity contribution in [2.24, 2.45) is 11.3 Å². The van der Waals surface area contributed by atoms with Crippen LogP contribution in [0.4, 0.5) is 0 Å². The van der Waals surface area contributed by atoms with Gasteiger partial charge in [0.05, 0.1) is 6.61 Å². The fraction of sp³-hybridized carbons (Fsp3) is 0.917. The molecule has 0 bridgehead atoms. The Morgan fingerprint density at radius 2 is 2.31 bits per heavy atom. The minimum absolute atomic E-state index is 0.365. The molecular formula is C12H21NO3. The smallest absolute Gasteiger partial charge is 0.313 e. The molecule has 1 saturated heterocycles. The topological polar surface area (TPSA) is 49.8 Å². The zero-order valence-corrected chi connectivity index (χ0v) is 10.1. The second kappa shape index (κ2) is 4.34. The maximum atomic E-state index is 11.4. The Kier molecular flexibility index (Phi) is 3.22. The lowest BCUT2D eigenvalue weighted by molar-refractivity contribution is -0.150. The van der Waals surface area contributed by atoms with Gasteiger partial charge in [-0.05, 0) is 39.2 Å². The van der Waals surface area contributed by atoms with E-state index in [1.54, 1.807) is 0 Å². The van der Waals surface area contributed by atoms with Crippen molar-refractivity contribution < 1.29 is 14.6 Å². The Morgan fingerprint density at radius 3 is 2.75 bits per heavy atom. The number of ether oxygens (including phenoxy) is 1. The lowest BCUT2D eigenvalue weighted by Crippen LogP contribution is -2.45. The summed E-state index contributed by atoms with van der Waals surface area (Å²) < 4.78 is 5.27. The number of aliphatic carboxylic acids is 1. The van der Waals surface area contributed by atoms with Gasteiger partial charge in [0, 0.05) is 19.2 Å². The molecule has 16 heavy (non-hydrogen) atoms. The maximum Gasteiger partial charge on any atom is 0.313 e. The summed E-state index contributed by atoms with van der Waals surface area (Å²) in [5.41, 5.74) is -0.669. The zero-order chi connectivity index (χ0) is 11.8. The average Bonchev–Trinajstić information content (AvgIpc) is 2.98. The molecule has 4 heteroatoms. The third kappa shape index (κ3) is 2.23. The normalized spacial score (nSPS) is 31.9. The number of hydrogen-bond donors (Lipinski definition) is 1. The van der Waals surface area contributed by atoms with Crippen molar-refractivity contribution in [2.45, 2.75) is 32.2 Å². The number of rotatable bonds is 5. The van der Waals surface area contributed by atoms with Crippen LogP contribution >= 0.6 is 0 Å². The monoisotopic (exact) mass is 227 g/mol. The first-order valence-electron chi connectivity index (χ1n) is 6.06. The van der Waals surface area contributed by atoms with Crippen molar-refractivity contribution in [1.82, 2.24) is 4.90 Å². The van der Waals surface area contributed by atoms with Crippen molar-refractivity contribution >= 4 is 5.97 Å². The van der Waals surface area contributed by atoms with Gasteiger partial charge in [0.1, 0.15) is 5.41 Å². The van der Waals surface area contributed by atoms with Crippen LogP contribution in [-0.2, 0) is 9.53 Å². The van der Waals surface area contributed by atoms with E-state index < -0.39 is 11.4 Å². The van der Waals surface area contributed by atoms with Gasteiger partial charge < -0.3 is 14.7 Å². The standard InChI is InChI=1S/C12H21NO3/c1-9(10-3-4-10)13(2)7-12(11(14)15)5-6-16-8-12/h9-10H,3-8H2,1-2H3,(H,14,15). The highest BCUT2D eigenvalue weighted by Crippen LogP contribution is 2.37. The van der Waals surface area contributed by atoms with Crippen molar-refractivity contribution in [2.75, 3.05) is 26.8 Å². The Bertz CT molecular complexity index is 269. The van der Waals surface area contributed by atoms with E-state index in [4.69, 9.17) is 4.74 Å². The Labute approximate surface area is 96.6 Å². The van der Waals surface area contributed by atoms with Crippen LogP contribution in [0.5, 0.6) is 0 Å². The van der Waals surface area contributed by atoms with Gasteiger partial charge >= 0.3 is 5.97 Å². The number of carboxylic acids is 1. The third-order valence-electron chi connectivity index (χ3n) is 4.11. The molecule has 1 N–H and O–H groups in total. The predicted octanol–water partition coefficient (Wildman–Crippen LogP) is 1.21. The number of carbonyl (C=O) groups is 1. The molecule has 1 aliphatic heterocycles. The molecule has 0 aromatic carbocycles. The van der Waals surface area contributed by atoms with Crippen molar-refractivity contribution in [3.63, 3.8) is 0 Å². The first-order chi connectivity index (χ1) is 7.55. The van der Waals surface area contributed by atoms with Gasteiger partial charge in [-0.1, -0.05) is 0 Å². The summed E-state index contributed by atoms with van der Waals surface area (Å²) in [6.45, 7) is 3.75. The van der Waals surface area contributed by atoms with E-state index in [1.165, 1.54) is 12.8 Å². The summed E-state index contributed by atoms with van der Waals surface area (Å²) >= 11 is 0. The SMILES string of the molecule is CC(C1CC1)N(C)CC1(C(=O)O)CCOC1. The van der Waals surface area contributed by atoms with E-state index in [0.717, 1.165) is 5.92 Å². The minimum atomic E-state index is -0.708. The van der Waals surface area contributed by atoms with Gasteiger partial charge in [-0.25, -0.2) is 0 Å². The molecule has 1 saturated carbocycles. The van der Waals surface area contributed by atoms with Crippen LogP contribution in [-0.4, -0.2) is 48.8 Å². The van der Waals surface area contributed by atoms with Gasteiger partial charge in [-0.2, -0.15) is 0 Å². The molecular weight excluding hydrogens is 206 g/mol. The largest absolute Gasteiger partial charge is 0.481 e. The van der Waals surface area contributed by atoms with Crippen molar-refractivity contribution in [1.29, 1.82) is 0 Å². The summed E-state index contributed by atoms with van der Waals surface area (Å²) in [6, 6.07) is 0.497. The van der Waals surface area contributed by atoms with Gasteiger partial charge in [-0.15, -0.1) is 0 Å². The van der Waals surface area contributed by atoms with Gasteiger partial charge in [0.2, 0.25) is 0 Å². The van der Waals surface area contributed by atoms with Crippen LogP contribution in [0.15, 0.2) is 0 Å². The van der Waals surface area contributed by atoms with Crippen LogP contribution in [0.3, 0.4) is 0 Å². The zero-order valence-electron chi connectivity index (χ0n) is 10.1. The summed E-state index contributed by atoms with van der Waals surface area (Å²) in [6.07, 6.45) is 3.23. The van der Waals surface area contributed by atoms with Crippen LogP contribution in [0, 0.1) is 11.3 Å². The Morgan fingerprint density at radius 1 is 1.62 bits per heavy atom. The number of carboxylic acid groups (broad SMARTS) is 1. The molecule has 4 nitrogen and oxygen atoms in total. The summed E-state index contributed by atoms with van der Waals surface area (Å²) in [4.78, 5) is 13.6. The van der Waals surface area contributed by atoms with E-state index >= 15 is 0 Å². The molecule has 2 aliphatic rings. The van der Waals surface area contributed by atoms with E-state index in [1.807, 2.05) is 7.05 Å². The van der Waals surface area contributed by atoms with E-state index in [0.29, 0.717) is 32.2 Å². The molecule has 2 fully saturated rings. The van der Waals surface area contributed by atoms with E-state index in [-0.39, 0.29) is 0 Å². The average molecular weight is 227 g/mol. The molecule has 0 amide bonds. The molecule has 1 aliphatic carbocycles. The minimum Gasteiger partial charge on any atom is -0.481 e. The summed E-state index contributed by atoms with van der Waals surface area (Å²) in [7, 11) is 2.03. The second-order valence-corrected chi connectivity index (χ2v) is 5.38. The first kappa shape index (κ1) is 11.9. The summed E-state index contributed by atoms with van der Waals surface area (Å²) in [5.74, 6) is 0.0676. The molecule has 2 atom stereocenters. The molecule has 0 aromatic rings. The highest BCUT2D eigenvalue weighted by atomic mass is 16.5. The van der Waals surface area contributed by atoms with E-state index in [9.17, 15) is 9.90 Å². The molecule has 0 aromatic heterocycles. The number of hydrogen-bond acceptors (Lipinski definition) is 3. The Balaban J connectivity index is 1.97. The second-order valence-electron chi connectivity index (χ2n) is 5.38. The van der Waals surface area contributed by atoms with Crippen LogP contribution < -0.4 is 0 Å². The van der Waals surface area contributed by atoms with E-state index in [2.05, 4.69) is 11.8 Å². The van der Waals surface area contributed by atoms with Crippen LogP contribution in [0.1, 0.15) is 26.2 Å². The summed E-state index contributed by atoms with van der Waals surface area (Å²) in [5, 5.41) is 9.34. The van der Waals surface area contributed by atoms with Gasteiger partial charge in [0.15, 0.2) is 0 Å². The Hall–Kier alpha value is -0.610. The fourth-order valence-corrected chi connectivity index (χ4v) is 2.53. The fourth-order valence-electron chi connectivity index (χ4n) is 2.53. The molecule has 2 unspecified atom stereocenters. The third-order valence-corrected chi connectivity index (χ3v) is 4.11. The first-order valence-corrected chi connectivity index (χ1v) is 6.06. The predicted molar refractivity (Wildman–Crippen MR) is 60.3 cm³/mol. The van der Waals surface area contributed by atoms with Crippen molar-refractivity contribution in [3.8, 4) is 0 Å². The number of nitrogens with zero attached hydrogens (tertiary/aromatic N) is 1.